The lowest BCUT2D eigenvalue weighted by molar-refractivity contribution is -0.148. The SMILES string of the molecule is CC[C@@H](C)c1ccccc1NC(=O)[C@H](C)OC(=O)/C=C/c1ccccc1F. The van der Waals surface area contributed by atoms with Crippen LogP contribution in [0.2, 0.25) is 0 Å². The fourth-order valence-electron chi connectivity index (χ4n) is 2.53. The predicted molar refractivity (Wildman–Crippen MR) is 105 cm³/mol. The number of carbonyl (C=O) groups is 2. The number of ether oxygens (including phenoxy) is 1. The first-order chi connectivity index (χ1) is 12.9. The highest BCUT2D eigenvalue weighted by atomic mass is 19.1. The molecule has 142 valence electrons. The summed E-state index contributed by atoms with van der Waals surface area (Å²) in [6, 6.07) is 13.6. The molecule has 2 aromatic rings. The van der Waals surface area contributed by atoms with Gasteiger partial charge in [0.15, 0.2) is 6.10 Å². The van der Waals surface area contributed by atoms with Crippen LogP contribution in [0.4, 0.5) is 10.1 Å². The van der Waals surface area contributed by atoms with E-state index in [2.05, 4.69) is 19.2 Å². The molecule has 2 atom stereocenters. The van der Waals surface area contributed by atoms with Gasteiger partial charge in [0.1, 0.15) is 5.82 Å². The number of para-hydroxylation sites is 1. The highest BCUT2D eigenvalue weighted by Crippen LogP contribution is 2.26. The maximum Gasteiger partial charge on any atom is 0.331 e. The van der Waals surface area contributed by atoms with Gasteiger partial charge in [-0.1, -0.05) is 50.2 Å². The number of amides is 1. The van der Waals surface area contributed by atoms with E-state index in [1.165, 1.54) is 19.1 Å². The van der Waals surface area contributed by atoms with Crippen molar-refractivity contribution in [2.75, 3.05) is 5.32 Å². The van der Waals surface area contributed by atoms with E-state index in [1.54, 1.807) is 18.2 Å². The van der Waals surface area contributed by atoms with Crippen LogP contribution in [0.15, 0.2) is 54.6 Å². The fourth-order valence-corrected chi connectivity index (χ4v) is 2.53. The number of nitrogens with one attached hydrogen (secondary N) is 1. The van der Waals surface area contributed by atoms with Crippen LogP contribution in [0.5, 0.6) is 0 Å². The number of hydrogen-bond donors (Lipinski definition) is 1. The Morgan fingerprint density at radius 3 is 2.48 bits per heavy atom. The van der Waals surface area contributed by atoms with E-state index in [9.17, 15) is 14.0 Å². The zero-order valence-corrected chi connectivity index (χ0v) is 15.7. The van der Waals surface area contributed by atoms with Crippen molar-refractivity contribution in [1.82, 2.24) is 0 Å². The Morgan fingerprint density at radius 1 is 1.11 bits per heavy atom. The minimum atomic E-state index is -0.979. The maximum absolute atomic E-state index is 13.5. The molecule has 1 N–H and O–H groups in total. The summed E-state index contributed by atoms with van der Waals surface area (Å²) < 4.78 is 18.7. The van der Waals surface area contributed by atoms with Crippen LogP contribution in [0.3, 0.4) is 0 Å². The summed E-state index contributed by atoms with van der Waals surface area (Å²) in [5, 5.41) is 2.81. The second-order valence-corrected chi connectivity index (χ2v) is 6.32. The van der Waals surface area contributed by atoms with Crippen molar-refractivity contribution >= 4 is 23.6 Å². The van der Waals surface area contributed by atoms with E-state index in [0.717, 1.165) is 18.1 Å². The third kappa shape index (κ3) is 5.78. The Balaban J connectivity index is 1.98. The zero-order chi connectivity index (χ0) is 19.8. The molecule has 5 heteroatoms. The molecule has 0 heterocycles. The second-order valence-electron chi connectivity index (χ2n) is 6.32. The molecule has 0 radical (unpaired) electrons. The number of carbonyl (C=O) groups excluding carboxylic acids is 2. The molecular weight excluding hydrogens is 345 g/mol. The summed E-state index contributed by atoms with van der Waals surface area (Å²) >= 11 is 0. The summed E-state index contributed by atoms with van der Waals surface area (Å²) in [7, 11) is 0. The molecule has 0 aliphatic carbocycles. The molecule has 4 nitrogen and oxygen atoms in total. The largest absolute Gasteiger partial charge is 0.449 e. The van der Waals surface area contributed by atoms with Crippen LogP contribution >= 0.6 is 0 Å². The number of rotatable bonds is 7. The molecule has 0 unspecified atom stereocenters. The van der Waals surface area contributed by atoms with Crippen molar-refractivity contribution in [1.29, 1.82) is 0 Å². The molecule has 0 fully saturated rings. The van der Waals surface area contributed by atoms with Crippen molar-refractivity contribution in [2.24, 2.45) is 0 Å². The summed E-state index contributed by atoms with van der Waals surface area (Å²) in [6.07, 6.45) is 2.39. The Hall–Kier alpha value is -2.95. The number of halogens is 1. The Morgan fingerprint density at radius 2 is 1.78 bits per heavy atom. The van der Waals surface area contributed by atoms with Crippen LogP contribution in [-0.4, -0.2) is 18.0 Å². The molecule has 0 aliphatic heterocycles. The summed E-state index contributed by atoms with van der Waals surface area (Å²) in [4.78, 5) is 24.3. The lowest BCUT2D eigenvalue weighted by atomic mass is 9.97. The van der Waals surface area contributed by atoms with Crippen molar-refractivity contribution in [3.05, 3.63) is 71.6 Å². The van der Waals surface area contributed by atoms with E-state index in [0.29, 0.717) is 11.6 Å². The summed E-state index contributed by atoms with van der Waals surface area (Å²) in [5.41, 5.74) is 2.02. The molecule has 2 aromatic carbocycles. The molecule has 2 rings (SSSR count). The van der Waals surface area contributed by atoms with Gasteiger partial charge in [0.25, 0.3) is 5.91 Å². The molecule has 0 saturated heterocycles. The van der Waals surface area contributed by atoms with Gasteiger partial charge in [-0.15, -0.1) is 0 Å². The van der Waals surface area contributed by atoms with Gasteiger partial charge in [0, 0.05) is 17.3 Å². The van der Waals surface area contributed by atoms with Gasteiger partial charge in [-0.25, -0.2) is 9.18 Å². The van der Waals surface area contributed by atoms with Crippen molar-refractivity contribution in [2.45, 2.75) is 39.2 Å². The van der Waals surface area contributed by atoms with Crippen LogP contribution in [0.1, 0.15) is 44.2 Å². The maximum atomic E-state index is 13.5. The van der Waals surface area contributed by atoms with Crippen LogP contribution in [0.25, 0.3) is 6.08 Å². The molecule has 0 aliphatic rings. The minimum Gasteiger partial charge on any atom is -0.449 e. The van der Waals surface area contributed by atoms with Crippen LogP contribution in [-0.2, 0) is 14.3 Å². The third-order valence-electron chi connectivity index (χ3n) is 4.33. The van der Waals surface area contributed by atoms with Gasteiger partial charge in [-0.05, 0) is 43.0 Å². The Bertz CT molecular complexity index is 832. The lowest BCUT2D eigenvalue weighted by Crippen LogP contribution is -2.29. The molecular formula is C22H24FNO3. The molecule has 27 heavy (non-hydrogen) atoms. The number of hydrogen-bond acceptors (Lipinski definition) is 3. The van der Waals surface area contributed by atoms with Gasteiger partial charge in [-0.3, -0.25) is 4.79 Å². The standard InChI is InChI=1S/C22H24FNO3/c1-4-15(2)18-10-6-8-12-20(18)24-22(26)16(3)27-21(25)14-13-17-9-5-7-11-19(17)23/h5-16H,4H2,1-3H3,(H,24,26)/b14-13+/t15-,16+/m1/s1. The van der Waals surface area contributed by atoms with E-state index < -0.39 is 23.8 Å². The first-order valence-electron chi connectivity index (χ1n) is 8.95. The van der Waals surface area contributed by atoms with E-state index in [4.69, 9.17) is 4.74 Å². The average Bonchev–Trinajstić information content (AvgIpc) is 2.67. The quantitative estimate of drug-likeness (QED) is 0.556. The predicted octanol–water partition coefficient (Wildman–Crippen LogP) is 4.92. The third-order valence-corrected chi connectivity index (χ3v) is 4.33. The van der Waals surface area contributed by atoms with E-state index >= 15 is 0 Å². The lowest BCUT2D eigenvalue weighted by Gasteiger charge is -2.17. The van der Waals surface area contributed by atoms with Gasteiger partial charge >= 0.3 is 5.97 Å². The van der Waals surface area contributed by atoms with Gasteiger partial charge in [0.2, 0.25) is 0 Å². The first-order valence-corrected chi connectivity index (χ1v) is 8.95. The molecule has 0 aromatic heterocycles. The van der Waals surface area contributed by atoms with Gasteiger partial charge < -0.3 is 10.1 Å². The molecule has 1 amide bonds. The van der Waals surface area contributed by atoms with Gasteiger partial charge in [-0.2, -0.15) is 0 Å². The Labute approximate surface area is 159 Å². The van der Waals surface area contributed by atoms with E-state index in [-0.39, 0.29) is 5.56 Å². The smallest absolute Gasteiger partial charge is 0.331 e. The van der Waals surface area contributed by atoms with Crippen molar-refractivity contribution in [3.63, 3.8) is 0 Å². The number of anilines is 1. The minimum absolute atomic E-state index is 0.272. The second kappa shape index (κ2) is 9.67. The summed E-state index contributed by atoms with van der Waals surface area (Å²) in [6.45, 7) is 5.66. The van der Waals surface area contributed by atoms with E-state index in [1.807, 2.05) is 24.3 Å². The Kier molecular flexibility index (Phi) is 7.29. The molecule has 0 spiro atoms. The van der Waals surface area contributed by atoms with Crippen molar-refractivity contribution in [3.8, 4) is 0 Å². The molecule has 0 saturated carbocycles. The van der Waals surface area contributed by atoms with Crippen LogP contribution in [0, 0.1) is 5.82 Å². The highest BCUT2D eigenvalue weighted by molar-refractivity contribution is 5.97. The van der Waals surface area contributed by atoms with Gasteiger partial charge in [0.05, 0.1) is 0 Å². The zero-order valence-electron chi connectivity index (χ0n) is 15.7. The topological polar surface area (TPSA) is 55.4 Å². The monoisotopic (exact) mass is 369 g/mol. The number of esters is 1. The van der Waals surface area contributed by atoms with Crippen molar-refractivity contribution < 1.29 is 18.7 Å². The fraction of sp³-hybridized carbons (Fsp3) is 0.273. The first kappa shape index (κ1) is 20.4. The number of benzene rings is 2. The summed E-state index contributed by atoms with van der Waals surface area (Å²) in [5.74, 6) is -1.27. The normalized spacial score (nSPS) is 13.2. The highest BCUT2D eigenvalue weighted by Gasteiger charge is 2.18. The molecule has 0 bridgehead atoms. The average molecular weight is 369 g/mol. The van der Waals surface area contributed by atoms with Crippen LogP contribution < -0.4 is 5.32 Å².